The lowest BCUT2D eigenvalue weighted by Gasteiger charge is -2.18. The van der Waals surface area contributed by atoms with Crippen LogP contribution in [-0.4, -0.2) is 7.11 Å². The molecule has 0 heterocycles. The Morgan fingerprint density at radius 3 is 2.93 bits per heavy atom. The Labute approximate surface area is 97.3 Å². The molecule has 0 saturated carbocycles. The molecule has 1 aliphatic rings. The van der Waals surface area contributed by atoms with Gasteiger partial charge in [-0.15, -0.1) is 0 Å². The summed E-state index contributed by atoms with van der Waals surface area (Å²) in [5.74, 6) is 0.869. The Kier molecular flexibility index (Phi) is 2.79. The molecule has 1 aromatic rings. The molecule has 3 heteroatoms. The van der Waals surface area contributed by atoms with Gasteiger partial charge in [-0.2, -0.15) is 5.26 Å². The molecular formula is C12H10BrNO. The third-order valence-electron chi connectivity index (χ3n) is 2.57. The Hall–Kier alpha value is -1.27. The number of nitrogens with zero attached hydrogens (tertiary/aromatic N) is 1. The van der Waals surface area contributed by atoms with Crippen molar-refractivity contribution in [2.45, 2.75) is 12.8 Å². The molecule has 0 bridgehead atoms. The zero-order valence-electron chi connectivity index (χ0n) is 8.38. The van der Waals surface area contributed by atoms with Gasteiger partial charge in [0.1, 0.15) is 5.75 Å². The van der Waals surface area contributed by atoms with Crippen molar-refractivity contribution in [2.24, 2.45) is 0 Å². The second-order valence-corrected chi connectivity index (χ2v) is 4.23. The minimum Gasteiger partial charge on any atom is -0.496 e. The smallest absolute Gasteiger partial charge is 0.122 e. The number of ether oxygens (including phenoxy) is 1. The summed E-state index contributed by atoms with van der Waals surface area (Å²) in [7, 11) is 1.66. The Morgan fingerprint density at radius 1 is 1.47 bits per heavy atom. The Bertz CT molecular complexity index is 471. The van der Waals surface area contributed by atoms with E-state index in [4.69, 9.17) is 10.00 Å². The second kappa shape index (κ2) is 4.08. The SMILES string of the molecule is COc1ccc(Br)c2c1CCC=C2C#N. The van der Waals surface area contributed by atoms with Gasteiger partial charge in [-0.25, -0.2) is 0 Å². The van der Waals surface area contributed by atoms with Crippen LogP contribution in [0.1, 0.15) is 17.5 Å². The van der Waals surface area contributed by atoms with Crippen LogP contribution < -0.4 is 4.74 Å². The van der Waals surface area contributed by atoms with Gasteiger partial charge >= 0.3 is 0 Å². The summed E-state index contributed by atoms with van der Waals surface area (Å²) in [5.41, 5.74) is 2.86. The van der Waals surface area contributed by atoms with Gasteiger partial charge in [-0.3, -0.25) is 0 Å². The summed E-state index contributed by atoms with van der Waals surface area (Å²) in [4.78, 5) is 0. The molecule has 2 nitrogen and oxygen atoms in total. The molecule has 0 aromatic heterocycles. The van der Waals surface area contributed by atoms with Gasteiger partial charge in [-0.1, -0.05) is 22.0 Å². The number of nitriles is 1. The lowest BCUT2D eigenvalue weighted by molar-refractivity contribution is 0.409. The number of methoxy groups -OCH3 is 1. The molecule has 0 unspecified atom stereocenters. The van der Waals surface area contributed by atoms with Gasteiger partial charge < -0.3 is 4.74 Å². The predicted molar refractivity (Wildman–Crippen MR) is 62.6 cm³/mol. The van der Waals surface area contributed by atoms with Crippen LogP contribution in [0.4, 0.5) is 0 Å². The molecule has 1 aliphatic carbocycles. The first-order chi connectivity index (χ1) is 7.27. The topological polar surface area (TPSA) is 33.0 Å². The predicted octanol–water partition coefficient (Wildman–Crippen LogP) is 3.31. The van der Waals surface area contributed by atoms with Crippen LogP contribution in [0.2, 0.25) is 0 Å². The monoisotopic (exact) mass is 263 g/mol. The van der Waals surface area contributed by atoms with Crippen LogP contribution in [0.3, 0.4) is 0 Å². The number of benzene rings is 1. The van der Waals surface area contributed by atoms with Crippen LogP contribution in [0, 0.1) is 11.3 Å². The standard InChI is InChI=1S/C12H10BrNO/c1-15-11-6-5-10(13)12-8(7-14)3-2-4-9(11)12/h3,5-6H,2,4H2,1H3. The van der Waals surface area contributed by atoms with Crippen LogP contribution in [0.15, 0.2) is 22.7 Å². The zero-order chi connectivity index (χ0) is 10.8. The van der Waals surface area contributed by atoms with Crippen molar-refractivity contribution in [2.75, 3.05) is 7.11 Å². The van der Waals surface area contributed by atoms with Crippen molar-refractivity contribution < 1.29 is 4.74 Å². The number of rotatable bonds is 1. The van der Waals surface area contributed by atoms with Crippen molar-refractivity contribution in [3.8, 4) is 11.8 Å². The lowest BCUT2D eigenvalue weighted by Crippen LogP contribution is -2.02. The summed E-state index contributed by atoms with van der Waals surface area (Å²) < 4.78 is 6.27. The molecule has 2 rings (SSSR count). The van der Waals surface area contributed by atoms with Gasteiger partial charge in [0.15, 0.2) is 0 Å². The van der Waals surface area contributed by atoms with Crippen molar-refractivity contribution in [1.29, 1.82) is 5.26 Å². The summed E-state index contributed by atoms with van der Waals surface area (Å²) in [5, 5.41) is 9.05. The molecule has 76 valence electrons. The summed E-state index contributed by atoms with van der Waals surface area (Å²) >= 11 is 3.48. The molecule has 0 amide bonds. The summed E-state index contributed by atoms with van der Waals surface area (Å²) in [6.45, 7) is 0. The highest BCUT2D eigenvalue weighted by Crippen LogP contribution is 2.37. The van der Waals surface area contributed by atoms with Crippen molar-refractivity contribution in [1.82, 2.24) is 0 Å². The fourth-order valence-corrected chi connectivity index (χ4v) is 2.48. The van der Waals surface area contributed by atoms with Crippen molar-refractivity contribution in [3.63, 3.8) is 0 Å². The number of halogens is 1. The normalized spacial score (nSPS) is 13.8. The molecule has 0 fully saturated rings. The quantitative estimate of drug-likeness (QED) is 0.779. The largest absolute Gasteiger partial charge is 0.496 e. The minimum atomic E-state index is 0.738. The van der Waals surface area contributed by atoms with E-state index in [-0.39, 0.29) is 0 Å². The van der Waals surface area contributed by atoms with Crippen molar-refractivity contribution in [3.05, 3.63) is 33.8 Å². The van der Waals surface area contributed by atoms with E-state index >= 15 is 0 Å². The Balaban J connectivity index is 2.68. The van der Waals surface area contributed by atoms with Gasteiger partial charge in [0.25, 0.3) is 0 Å². The highest BCUT2D eigenvalue weighted by Gasteiger charge is 2.19. The van der Waals surface area contributed by atoms with Crippen molar-refractivity contribution >= 4 is 21.5 Å². The molecule has 0 atom stereocenters. The first-order valence-electron chi connectivity index (χ1n) is 4.74. The van der Waals surface area contributed by atoms with E-state index in [2.05, 4.69) is 22.0 Å². The Morgan fingerprint density at radius 2 is 2.27 bits per heavy atom. The van der Waals surface area contributed by atoms with E-state index in [1.54, 1.807) is 7.11 Å². The van der Waals surface area contributed by atoms with Gasteiger partial charge in [0, 0.05) is 15.6 Å². The maximum absolute atomic E-state index is 9.05. The number of allylic oxidation sites excluding steroid dienone is 2. The maximum atomic E-state index is 9.05. The van der Waals surface area contributed by atoms with E-state index in [9.17, 15) is 0 Å². The van der Waals surface area contributed by atoms with E-state index in [1.807, 2.05) is 18.2 Å². The number of hydrogen-bond donors (Lipinski definition) is 0. The van der Waals surface area contributed by atoms with Crippen LogP contribution in [-0.2, 0) is 6.42 Å². The second-order valence-electron chi connectivity index (χ2n) is 3.37. The van der Waals surface area contributed by atoms with Gasteiger partial charge in [0.05, 0.1) is 18.8 Å². The first-order valence-corrected chi connectivity index (χ1v) is 5.53. The molecule has 15 heavy (non-hydrogen) atoms. The van der Waals surface area contributed by atoms with Gasteiger partial charge in [0.2, 0.25) is 0 Å². The van der Waals surface area contributed by atoms with Gasteiger partial charge in [-0.05, 0) is 25.0 Å². The van der Waals surface area contributed by atoms with E-state index < -0.39 is 0 Å². The summed E-state index contributed by atoms with van der Waals surface area (Å²) in [6.07, 6.45) is 3.82. The number of fused-ring (bicyclic) bond motifs is 1. The average molecular weight is 264 g/mol. The third kappa shape index (κ3) is 1.66. The molecule has 0 radical (unpaired) electrons. The third-order valence-corrected chi connectivity index (χ3v) is 3.23. The van der Waals surface area contributed by atoms with Crippen LogP contribution in [0.5, 0.6) is 5.75 Å². The van der Waals surface area contributed by atoms with E-state index in [0.29, 0.717) is 0 Å². The highest BCUT2D eigenvalue weighted by atomic mass is 79.9. The number of hydrogen-bond acceptors (Lipinski definition) is 2. The molecule has 0 saturated heterocycles. The first kappa shape index (κ1) is 10.3. The molecular weight excluding hydrogens is 254 g/mol. The lowest BCUT2D eigenvalue weighted by atomic mass is 9.91. The minimum absolute atomic E-state index is 0.738. The molecule has 1 aromatic carbocycles. The molecule has 0 spiro atoms. The van der Waals surface area contributed by atoms with Crippen LogP contribution in [0.25, 0.3) is 5.57 Å². The fraction of sp³-hybridized carbons (Fsp3) is 0.250. The van der Waals surface area contributed by atoms with E-state index in [0.717, 1.165) is 39.8 Å². The molecule has 0 N–H and O–H groups in total. The zero-order valence-corrected chi connectivity index (χ0v) is 9.97. The van der Waals surface area contributed by atoms with E-state index in [1.165, 1.54) is 0 Å². The fourth-order valence-electron chi connectivity index (χ4n) is 1.90. The molecule has 0 aliphatic heterocycles. The average Bonchev–Trinajstić information content (AvgIpc) is 2.29. The summed E-state index contributed by atoms with van der Waals surface area (Å²) in [6, 6.07) is 6.09. The van der Waals surface area contributed by atoms with Crippen LogP contribution >= 0.6 is 15.9 Å². The highest BCUT2D eigenvalue weighted by molar-refractivity contribution is 9.10. The maximum Gasteiger partial charge on any atom is 0.122 e.